The molecule has 2 aromatic rings. The van der Waals surface area contributed by atoms with Gasteiger partial charge in [0.15, 0.2) is 17.6 Å². The monoisotopic (exact) mass is 469 g/mol. The van der Waals surface area contributed by atoms with Gasteiger partial charge >= 0.3 is 5.97 Å². The number of aromatic hydroxyl groups is 1. The van der Waals surface area contributed by atoms with E-state index >= 15 is 0 Å². The van der Waals surface area contributed by atoms with Gasteiger partial charge in [-0.25, -0.2) is 0 Å². The van der Waals surface area contributed by atoms with E-state index in [2.05, 4.69) is 5.32 Å². The second-order valence-corrected chi connectivity index (χ2v) is 10.7. The molecule has 1 aliphatic rings. The Balaban J connectivity index is 1.62. The summed E-state index contributed by atoms with van der Waals surface area (Å²) in [6.07, 6.45) is -0.380. The maximum Gasteiger partial charge on any atom is 0.306 e. The van der Waals surface area contributed by atoms with Crippen molar-refractivity contribution in [2.75, 3.05) is 12.1 Å². The lowest BCUT2D eigenvalue weighted by atomic mass is 9.78. The summed E-state index contributed by atoms with van der Waals surface area (Å²) in [6, 6.07) is 8.98. The minimum Gasteiger partial charge on any atom is -0.507 e. The number of anilines is 1. The number of hydrogen-bond donors (Lipinski definition) is 2. The number of esters is 1. The van der Waals surface area contributed by atoms with Crippen molar-refractivity contribution in [3.8, 4) is 17.2 Å². The molecule has 7 nitrogen and oxygen atoms in total. The number of hydrogen-bond acceptors (Lipinski definition) is 6. The molecular weight excluding hydrogens is 434 g/mol. The molecule has 0 saturated heterocycles. The molecule has 7 heteroatoms. The Morgan fingerprint density at radius 1 is 1.00 bits per heavy atom. The molecule has 0 saturated carbocycles. The number of carbonyl (C=O) groups is 2. The number of rotatable bonds is 6. The predicted octanol–water partition coefficient (Wildman–Crippen LogP) is 5.22. The Morgan fingerprint density at radius 2 is 1.59 bits per heavy atom. The van der Waals surface area contributed by atoms with Crippen LogP contribution in [-0.2, 0) is 31.6 Å². The number of phenolic OH excluding ortho intramolecular Hbond substituents is 1. The average molecular weight is 470 g/mol. The lowest BCUT2D eigenvalue weighted by Crippen LogP contribution is -2.30. The van der Waals surface area contributed by atoms with Crippen LogP contribution in [0.5, 0.6) is 17.2 Å². The number of benzene rings is 2. The second kappa shape index (κ2) is 9.57. The van der Waals surface area contributed by atoms with Gasteiger partial charge in [-0.3, -0.25) is 9.59 Å². The molecule has 0 bridgehead atoms. The zero-order valence-corrected chi connectivity index (χ0v) is 21.1. The van der Waals surface area contributed by atoms with Gasteiger partial charge in [0.25, 0.3) is 5.91 Å². The third kappa shape index (κ3) is 6.01. The zero-order chi connectivity index (χ0) is 25.3. The van der Waals surface area contributed by atoms with Crippen LogP contribution < -0.4 is 14.8 Å². The molecule has 0 unspecified atom stereocenters. The maximum atomic E-state index is 12.5. The van der Waals surface area contributed by atoms with Crippen molar-refractivity contribution >= 4 is 17.6 Å². The van der Waals surface area contributed by atoms with Crippen molar-refractivity contribution in [2.24, 2.45) is 0 Å². The number of phenols is 1. The molecule has 1 heterocycles. The van der Waals surface area contributed by atoms with Crippen LogP contribution >= 0.6 is 0 Å². The summed E-state index contributed by atoms with van der Waals surface area (Å²) in [5, 5.41) is 13.6. The van der Waals surface area contributed by atoms with Gasteiger partial charge in [0.1, 0.15) is 5.75 Å². The average Bonchev–Trinajstić information content (AvgIpc) is 3.19. The third-order valence-corrected chi connectivity index (χ3v) is 5.72. The molecule has 34 heavy (non-hydrogen) atoms. The van der Waals surface area contributed by atoms with E-state index in [1.165, 1.54) is 6.92 Å². The zero-order valence-electron chi connectivity index (χ0n) is 21.1. The van der Waals surface area contributed by atoms with Gasteiger partial charge in [-0.15, -0.1) is 0 Å². The number of amides is 1. The molecule has 3 rings (SSSR count). The smallest absolute Gasteiger partial charge is 0.306 e. The fraction of sp³-hybridized carbons (Fsp3) is 0.481. The molecule has 1 aliphatic heterocycles. The fourth-order valence-corrected chi connectivity index (χ4v) is 3.76. The summed E-state index contributed by atoms with van der Waals surface area (Å²) in [4.78, 5) is 25.0. The van der Waals surface area contributed by atoms with E-state index < -0.39 is 18.0 Å². The largest absolute Gasteiger partial charge is 0.507 e. The van der Waals surface area contributed by atoms with E-state index in [0.29, 0.717) is 29.4 Å². The van der Waals surface area contributed by atoms with Gasteiger partial charge in [-0.05, 0) is 53.0 Å². The van der Waals surface area contributed by atoms with Crippen molar-refractivity contribution in [3.05, 3.63) is 47.0 Å². The summed E-state index contributed by atoms with van der Waals surface area (Å²) in [7, 11) is 0. The maximum absolute atomic E-state index is 12.5. The van der Waals surface area contributed by atoms with E-state index in [9.17, 15) is 14.7 Å². The first-order valence-corrected chi connectivity index (χ1v) is 11.5. The molecule has 0 radical (unpaired) electrons. The second-order valence-electron chi connectivity index (χ2n) is 10.7. The summed E-state index contributed by atoms with van der Waals surface area (Å²) in [6.45, 7) is 14.0. The normalized spacial score (nSPS) is 14.0. The van der Waals surface area contributed by atoms with Crippen molar-refractivity contribution in [2.45, 2.75) is 78.2 Å². The molecule has 1 amide bonds. The summed E-state index contributed by atoms with van der Waals surface area (Å²) in [5.74, 6) is 0.592. The fourth-order valence-electron chi connectivity index (χ4n) is 3.76. The lowest BCUT2D eigenvalue weighted by Gasteiger charge is -2.28. The highest BCUT2D eigenvalue weighted by Gasteiger charge is 2.27. The first-order chi connectivity index (χ1) is 15.8. The standard InChI is InChI=1S/C27H35NO6/c1-16(25(31)28-18-9-10-21-22(14-18)33-15-32-21)34-23(29)11-8-17-12-19(26(2,3)4)24(30)20(13-17)27(5,6)7/h9-10,12-14,16,30H,8,11,15H2,1-7H3,(H,28,31)/t16-/m1/s1. The Hall–Kier alpha value is -3.22. The Kier molecular flexibility index (Phi) is 7.15. The van der Waals surface area contributed by atoms with Gasteiger partial charge < -0.3 is 24.6 Å². The van der Waals surface area contributed by atoms with E-state index in [0.717, 1.165) is 16.7 Å². The number of aryl methyl sites for hydroxylation is 1. The van der Waals surface area contributed by atoms with Crippen LogP contribution in [0.1, 0.15) is 71.6 Å². The van der Waals surface area contributed by atoms with Crippen molar-refractivity contribution in [1.29, 1.82) is 0 Å². The van der Waals surface area contributed by atoms with Gasteiger partial charge in [-0.1, -0.05) is 53.7 Å². The minimum atomic E-state index is -0.951. The van der Waals surface area contributed by atoms with Crippen LogP contribution in [0.15, 0.2) is 30.3 Å². The molecule has 0 fully saturated rings. The first-order valence-electron chi connectivity index (χ1n) is 11.5. The SMILES string of the molecule is C[C@@H](OC(=O)CCc1cc(C(C)(C)C)c(O)c(C(C)(C)C)c1)C(=O)Nc1ccc2c(c1)OCO2. The van der Waals surface area contributed by atoms with Crippen molar-refractivity contribution < 1.29 is 28.9 Å². The number of carbonyl (C=O) groups excluding carboxylic acids is 2. The topological polar surface area (TPSA) is 94.1 Å². The van der Waals surface area contributed by atoms with Crippen LogP contribution in [0.2, 0.25) is 0 Å². The molecular formula is C27H35NO6. The van der Waals surface area contributed by atoms with Crippen molar-refractivity contribution in [1.82, 2.24) is 0 Å². The van der Waals surface area contributed by atoms with E-state index in [-0.39, 0.29) is 24.0 Å². The van der Waals surface area contributed by atoms with Gasteiger partial charge in [0, 0.05) is 18.2 Å². The van der Waals surface area contributed by atoms with Crippen LogP contribution in [0.3, 0.4) is 0 Å². The first kappa shape index (κ1) is 25.4. The highest BCUT2D eigenvalue weighted by molar-refractivity contribution is 5.95. The highest BCUT2D eigenvalue weighted by Crippen LogP contribution is 2.40. The molecule has 0 aliphatic carbocycles. The highest BCUT2D eigenvalue weighted by atomic mass is 16.7. The summed E-state index contributed by atoms with van der Waals surface area (Å²) < 4.78 is 15.9. The molecule has 1 atom stereocenters. The lowest BCUT2D eigenvalue weighted by molar-refractivity contribution is -0.153. The van der Waals surface area contributed by atoms with Crippen molar-refractivity contribution in [3.63, 3.8) is 0 Å². The molecule has 2 N–H and O–H groups in total. The number of ether oxygens (including phenoxy) is 3. The number of fused-ring (bicyclic) bond motifs is 1. The van der Waals surface area contributed by atoms with E-state index in [4.69, 9.17) is 14.2 Å². The molecule has 0 spiro atoms. The van der Waals surface area contributed by atoms with E-state index in [1.54, 1.807) is 18.2 Å². The van der Waals surface area contributed by atoms with Gasteiger partial charge in [0.05, 0.1) is 0 Å². The van der Waals surface area contributed by atoms with E-state index in [1.807, 2.05) is 53.7 Å². The third-order valence-electron chi connectivity index (χ3n) is 5.72. The Morgan fingerprint density at radius 3 is 2.18 bits per heavy atom. The molecule has 0 aromatic heterocycles. The Bertz CT molecular complexity index is 1040. The van der Waals surface area contributed by atoms with Crippen LogP contribution in [0.25, 0.3) is 0 Å². The number of nitrogens with one attached hydrogen (secondary N) is 1. The predicted molar refractivity (Wildman–Crippen MR) is 131 cm³/mol. The van der Waals surface area contributed by atoms with Crippen LogP contribution in [0, 0.1) is 0 Å². The molecule has 184 valence electrons. The van der Waals surface area contributed by atoms with Gasteiger partial charge in [-0.2, -0.15) is 0 Å². The molecule has 2 aromatic carbocycles. The summed E-state index contributed by atoms with van der Waals surface area (Å²) in [5.41, 5.74) is 2.68. The quantitative estimate of drug-likeness (QED) is 0.564. The Labute approximate surface area is 201 Å². The minimum absolute atomic E-state index is 0.125. The van der Waals surface area contributed by atoms with Crippen LogP contribution in [-0.4, -0.2) is 29.9 Å². The summed E-state index contributed by atoms with van der Waals surface area (Å²) >= 11 is 0. The van der Waals surface area contributed by atoms with Crippen LogP contribution in [0.4, 0.5) is 5.69 Å². The van der Waals surface area contributed by atoms with Gasteiger partial charge in [0.2, 0.25) is 6.79 Å².